The number of rotatable bonds is 3. The molecular weight excluding hydrogens is 266 g/mol. The monoisotopic (exact) mass is 289 g/mol. The number of fused-ring (bicyclic) bond motifs is 1. The molecule has 0 radical (unpaired) electrons. The number of hydrogen-bond acceptors (Lipinski definition) is 4. The fraction of sp³-hybridized carbons (Fsp3) is 0.562. The number of esters is 1. The van der Waals surface area contributed by atoms with Gasteiger partial charge in [-0.3, -0.25) is 0 Å². The van der Waals surface area contributed by atoms with E-state index in [4.69, 9.17) is 4.74 Å². The van der Waals surface area contributed by atoms with E-state index in [0.29, 0.717) is 12.2 Å². The minimum Gasteiger partial charge on any atom is -0.462 e. The number of imidazole rings is 1. The smallest absolute Gasteiger partial charge is 0.340 e. The van der Waals surface area contributed by atoms with Crippen LogP contribution in [0.5, 0.6) is 0 Å². The summed E-state index contributed by atoms with van der Waals surface area (Å²) in [7, 11) is 0. The zero-order valence-electron chi connectivity index (χ0n) is 13.6. The predicted octanol–water partition coefficient (Wildman–Crippen LogP) is 3.33. The van der Waals surface area contributed by atoms with Gasteiger partial charge in [0, 0.05) is 11.0 Å². The molecule has 2 rings (SSSR count). The summed E-state index contributed by atoms with van der Waals surface area (Å²) in [5.74, 6) is -0.179. The highest BCUT2D eigenvalue weighted by Crippen LogP contribution is 2.28. The van der Waals surface area contributed by atoms with Crippen molar-refractivity contribution in [2.75, 3.05) is 6.61 Å². The van der Waals surface area contributed by atoms with Gasteiger partial charge in [0.2, 0.25) is 0 Å². The van der Waals surface area contributed by atoms with E-state index in [0.717, 1.165) is 16.9 Å². The van der Waals surface area contributed by atoms with E-state index in [1.165, 1.54) is 0 Å². The van der Waals surface area contributed by atoms with Crippen molar-refractivity contribution in [2.45, 2.75) is 52.9 Å². The fourth-order valence-electron chi connectivity index (χ4n) is 2.40. The Balaban J connectivity index is 2.70. The molecule has 0 spiro atoms. The number of hydrogen-bond donors (Lipinski definition) is 0. The third-order valence-electron chi connectivity index (χ3n) is 3.41. The molecule has 5 heteroatoms. The quantitative estimate of drug-likeness (QED) is 0.813. The molecule has 0 N–H and O–H groups in total. The normalized spacial score (nSPS) is 12.1. The highest BCUT2D eigenvalue weighted by Gasteiger charge is 2.25. The van der Waals surface area contributed by atoms with E-state index in [2.05, 4.69) is 30.9 Å². The van der Waals surface area contributed by atoms with E-state index in [1.54, 1.807) is 13.1 Å². The SMILES string of the molecule is CCOC(=O)c1cnn2c(C(C)(C)C)cnc2c1C(C)C. The lowest BCUT2D eigenvalue weighted by atomic mass is 9.93. The van der Waals surface area contributed by atoms with Crippen LogP contribution < -0.4 is 0 Å². The molecule has 2 aromatic heterocycles. The Kier molecular flexibility index (Phi) is 4.03. The summed E-state index contributed by atoms with van der Waals surface area (Å²) < 4.78 is 6.96. The number of carbonyl (C=O) groups is 1. The molecule has 2 aromatic rings. The minimum absolute atomic E-state index is 0.0634. The van der Waals surface area contributed by atoms with Gasteiger partial charge in [0.05, 0.1) is 30.3 Å². The summed E-state index contributed by atoms with van der Waals surface area (Å²) in [5.41, 5.74) is 3.09. The van der Waals surface area contributed by atoms with Crippen LogP contribution in [0, 0.1) is 0 Å². The van der Waals surface area contributed by atoms with Gasteiger partial charge in [-0.15, -0.1) is 0 Å². The molecule has 2 heterocycles. The molecule has 0 saturated heterocycles. The molecule has 0 aliphatic heterocycles. The molecule has 0 aromatic carbocycles. The Morgan fingerprint density at radius 1 is 1.33 bits per heavy atom. The van der Waals surface area contributed by atoms with Crippen LogP contribution in [0.25, 0.3) is 5.65 Å². The zero-order valence-corrected chi connectivity index (χ0v) is 13.6. The van der Waals surface area contributed by atoms with Crippen LogP contribution in [0.4, 0.5) is 0 Å². The van der Waals surface area contributed by atoms with Gasteiger partial charge in [0.15, 0.2) is 5.65 Å². The van der Waals surface area contributed by atoms with Gasteiger partial charge < -0.3 is 4.74 Å². The van der Waals surface area contributed by atoms with Gasteiger partial charge in [-0.2, -0.15) is 5.10 Å². The van der Waals surface area contributed by atoms with Crippen molar-refractivity contribution < 1.29 is 9.53 Å². The summed E-state index contributed by atoms with van der Waals surface area (Å²) in [5, 5.41) is 4.41. The highest BCUT2D eigenvalue weighted by molar-refractivity contribution is 5.92. The predicted molar refractivity (Wildman–Crippen MR) is 81.7 cm³/mol. The Morgan fingerprint density at radius 3 is 2.52 bits per heavy atom. The standard InChI is InChI=1S/C16H23N3O2/c1-7-21-15(20)11-8-18-19-12(16(4,5)6)9-17-14(19)13(11)10(2)3/h8-10H,7H2,1-6H3. The van der Waals surface area contributed by atoms with Crippen LogP contribution in [0.1, 0.15) is 69.1 Å². The summed E-state index contributed by atoms with van der Waals surface area (Å²) in [4.78, 5) is 16.6. The number of carbonyl (C=O) groups excluding carboxylic acids is 1. The Labute approximate surface area is 125 Å². The first kappa shape index (κ1) is 15.5. The molecule has 5 nitrogen and oxygen atoms in total. The van der Waals surface area contributed by atoms with E-state index < -0.39 is 0 Å². The van der Waals surface area contributed by atoms with Crippen molar-refractivity contribution in [1.82, 2.24) is 14.6 Å². The van der Waals surface area contributed by atoms with Crippen LogP contribution in [-0.4, -0.2) is 27.2 Å². The topological polar surface area (TPSA) is 56.5 Å². The summed E-state index contributed by atoms with van der Waals surface area (Å²) in [6.07, 6.45) is 3.43. The molecule has 0 atom stereocenters. The third kappa shape index (κ3) is 2.77. The zero-order chi connectivity index (χ0) is 15.8. The van der Waals surface area contributed by atoms with Crippen molar-refractivity contribution in [1.29, 1.82) is 0 Å². The van der Waals surface area contributed by atoms with Gasteiger partial charge in [-0.25, -0.2) is 14.3 Å². The largest absolute Gasteiger partial charge is 0.462 e. The highest BCUT2D eigenvalue weighted by atomic mass is 16.5. The lowest BCUT2D eigenvalue weighted by Crippen LogP contribution is -2.17. The summed E-state index contributed by atoms with van der Waals surface area (Å²) >= 11 is 0. The van der Waals surface area contributed by atoms with Gasteiger partial charge >= 0.3 is 5.97 Å². The van der Waals surface area contributed by atoms with Crippen LogP contribution >= 0.6 is 0 Å². The van der Waals surface area contributed by atoms with Gasteiger partial charge in [0.1, 0.15) is 0 Å². The molecule has 0 fully saturated rings. The molecule has 0 unspecified atom stereocenters. The molecule has 0 aliphatic rings. The van der Waals surface area contributed by atoms with Crippen LogP contribution in [0.2, 0.25) is 0 Å². The average molecular weight is 289 g/mol. The van der Waals surface area contributed by atoms with Gasteiger partial charge in [0.25, 0.3) is 0 Å². The Hall–Kier alpha value is -1.91. The maximum Gasteiger partial charge on any atom is 0.340 e. The fourth-order valence-corrected chi connectivity index (χ4v) is 2.40. The van der Waals surface area contributed by atoms with E-state index >= 15 is 0 Å². The maximum absolute atomic E-state index is 12.1. The van der Waals surface area contributed by atoms with Gasteiger partial charge in [-0.05, 0) is 12.8 Å². The van der Waals surface area contributed by atoms with Crippen LogP contribution in [-0.2, 0) is 10.2 Å². The number of nitrogens with zero attached hydrogens (tertiary/aromatic N) is 3. The first-order valence-corrected chi connectivity index (χ1v) is 7.31. The van der Waals surface area contributed by atoms with Crippen molar-refractivity contribution in [3.8, 4) is 0 Å². The van der Waals surface area contributed by atoms with Crippen LogP contribution in [0.15, 0.2) is 12.4 Å². The van der Waals surface area contributed by atoms with Crippen LogP contribution in [0.3, 0.4) is 0 Å². The van der Waals surface area contributed by atoms with Crippen molar-refractivity contribution in [2.24, 2.45) is 0 Å². The second-order valence-corrected chi connectivity index (χ2v) is 6.48. The minimum atomic E-state index is -0.337. The van der Waals surface area contributed by atoms with E-state index in [1.807, 2.05) is 24.6 Å². The van der Waals surface area contributed by atoms with Crippen molar-refractivity contribution >= 4 is 11.6 Å². The molecule has 114 valence electrons. The maximum atomic E-state index is 12.1. The second-order valence-electron chi connectivity index (χ2n) is 6.48. The lowest BCUT2D eigenvalue weighted by Gasteiger charge is -2.18. The lowest BCUT2D eigenvalue weighted by molar-refractivity contribution is 0.0524. The molecule has 0 amide bonds. The first-order chi connectivity index (χ1) is 9.77. The number of ether oxygens (including phenoxy) is 1. The van der Waals surface area contributed by atoms with Gasteiger partial charge in [-0.1, -0.05) is 34.6 Å². The number of aromatic nitrogens is 3. The molecule has 0 aliphatic carbocycles. The van der Waals surface area contributed by atoms with Crippen molar-refractivity contribution in [3.05, 3.63) is 29.2 Å². The van der Waals surface area contributed by atoms with Crippen molar-refractivity contribution in [3.63, 3.8) is 0 Å². The molecule has 0 saturated carbocycles. The Morgan fingerprint density at radius 2 is 2.00 bits per heavy atom. The second kappa shape index (κ2) is 5.47. The van der Waals surface area contributed by atoms with E-state index in [9.17, 15) is 4.79 Å². The van der Waals surface area contributed by atoms with E-state index in [-0.39, 0.29) is 17.3 Å². The third-order valence-corrected chi connectivity index (χ3v) is 3.41. The summed E-state index contributed by atoms with van der Waals surface area (Å²) in [6.45, 7) is 12.6. The first-order valence-electron chi connectivity index (χ1n) is 7.31. The molecular formula is C16H23N3O2. The average Bonchev–Trinajstić information content (AvgIpc) is 2.80. The Bertz CT molecular complexity index is 666. The summed E-state index contributed by atoms with van der Waals surface area (Å²) in [6, 6.07) is 0. The molecule has 21 heavy (non-hydrogen) atoms. The molecule has 0 bridgehead atoms.